The standard InChI is InChI=1S/C14H19N5O5/c20-11-3-1-2-9(18-11)14(24)19-10(4-8-5-15-7-17-8)13(23)16-6-12(21)22/h5,7,9-10H,1-4,6H2,(H,15,17)(H,16,23)(H,18,20)(H,19,24)(H,21,22)/t9?,10-/m0/s1. The fourth-order valence-electron chi connectivity index (χ4n) is 2.39. The molecule has 2 rings (SSSR count). The summed E-state index contributed by atoms with van der Waals surface area (Å²) in [5, 5.41) is 16.0. The minimum absolute atomic E-state index is 0.123. The monoisotopic (exact) mass is 337 g/mol. The van der Waals surface area contributed by atoms with Crippen LogP contribution in [0.1, 0.15) is 25.0 Å². The fourth-order valence-corrected chi connectivity index (χ4v) is 2.39. The van der Waals surface area contributed by atoms with Gasteiger partial charge in [-0.3, -0.25) is 19.2 Å². The number of amides is 3. The molecule has 0 aromatic carbocycles. The second kappa shape index (κ2) is 8.09. The lowest BCUT2D eigenvalue weighted by atomic mass is 10.0. The van der Waals surface area contributed by atoms with Gasteiger partial charge in [-0.1, -0.05) is 0 Å². The Balaban J connectivity index is 2.00. The van der Waals surface area contributed by atoms with Crippen molar-refractivity contribution in [3.63, 3.8) is 0 Å². The third-order valence-corrected chi connectivity index (χ3v) is 3.57. The van der Waals surface area contributed by atoms with E-state index in [1.54, 1.807) is 0 Å². The van der Waals surface area contributed by atoms with Gasteiger partial charge in [0.05, 0.1) is 6.33 Å². The lowest BCUT2D eigenvalue weighted by Gasteiger charge is -2.25. The average molecular weight is 337 g/mol. The van der Waals surface area contributed by atoms with E-state index in [1.807, 2.05) is 0 Å². The Morgan fingerprint density at radius 3 is 2.83 bits per heavy atom. The molecule has 0 saturated carbocycles. The van der Waals surface area contributed by atoms with Gasteiger partial charge in [-0.2, -0.15) is 0 Å². The van der Waals surface area contributed by atoms with Crippen LogP contribution in [0.4, 0.5) is 0 Å². The summed E-state index contributed by atoms with van der Waals surface area (Å²) in [6, 6.07) is -1.67. The number of H-pyrrole nitrogens is 1. The molecule has 1 unspecified atom stereocenters. The summed E-state index contributed by atoms with van der Waals surface area (Å²) in [6.07, 6.45) is 4.53. The average Bonchev–Trinajstić information content (AvgIpc) is 3.05. The molecule has 1 saturated heterocycles. The molecule has 1 aliphatic rings. The summed E-state index contributed by atoms with van der Waals surface area (Å²) in [5.74, 6) is -2.49. The number of carbonyl (C=O) groups is 4. The van der Waals surface area contributed by atoms with Gasteiger partial charge in [-0.25, -0.2) is 4.98 Å². The van der Waals surface area contributed by atoms with Crippen molar-refractivity contribution in [2.24, 2.45) is 0 Å². The van der Waals surface area contributed by atoms with E-state index in [4.69, 9.17) is 5.11 Å². The first-order valence-electron chi connectivity index (χ1n) is 7.52. The molecule has 3 amide bonds. The van der Waals surface area contributed by atoms with Crippen LogP contribution in [-0.4, -0.2) is 57.4 Å². The third-order valence-electron chi connectivity index (χ3n) is 3.57. The van der Waals surface area contributed by atoms with Gasteiger partial charge >= 0.3 is 5.97 Å². The number of piperidine rings is 1. The predicted octanol–water partition coefficient (Wildman–Crippen LogP) is -1.69. The summed E-state index contributed by atoms with van der Waals surface area (Å²) in [6.45, 7) is -0.547. The van der Waals surface area contributed by atoms with Crippen LogP contribution in [0.5, 0.6) is 0 Å². The molecule has 10 nitrogen and oxygen atoms in total. The number of carboxylic acid groups (broad SMARTS) is 1. The van der Waals surface area contributed by atoms with Crippen LogP contribution in [-0.2, 0) is 25.6 Å². The summed E-state index contributed by atoms with van der Waals surface area (Å²) < 4.78 is 0. The number of hydrogen-bond donors (Lipinski definition) is 5. The van der Waals surface area contributed by atoms with Crippen molar-refractivity contribution < 1.29 is 24.3 Å². The fraction of sp³-hybridized carbons (Fsp3) is 0.500. The van der Waals surface area contributed by atoms with Crippen molar-refractivity contribution in [1.29, 1.82) is 0 Å². The minimum Gasteiger partial charge on any atom is -0.480 e. The smallest absolute Gasteiger partial charge is 0.322 e. The van der Waals surface area contributed by atoms with Crippen LogP contribution in [0.25, 0.3) is 0 Å². The number of rotatable bonds is 7. The van der Waals surface area contributed by atoms with Crippen molar-refractivity contribution in [2.75, 3.05) is 6.54 Å². The van der Waals surface area contributed by atoms with Gasteiger partial charge in [0.2, 0.25) is 17.7 Å². The first-order chi connectivity index (χ1) is 11.5. The SMILES string of the molecule is O=C(O)CNC(=O)[C@H](Cc1cnc[nH]1)NC(=O)C1CCCC(=O)N1. The van der Waals surface area contributed by atoms with Crippen molar-refractivity contribution in [2.45, 2.75) is 37.8 Å². The molecular formula is C14H19N5O5. The highest BCUT2D eigenvalue weighted by molar-refractivity contribution is 5.93. The van der Waals surface area contributed by atoms with Crippen molar-refractivity contribution >= 4 is 23.7 Å². The van der Waals surface area contributed by atoms with Crippen LogP contribution in [0.3, 0.4) is 0 Å². The second-order valence-corrected chi connectivity index (χ2v) is 5.47. The Labute approximate surface area is 137 Å². The highest BCUT2D eigenvalue weighted by Crippen LogP contribution is 2.09. The molecule has 1 aliphatic heterocycles. The van der Waals surface area contributed by atoms with E-state index in [9.17, 15) is 19.2 Å². The quantitative estimate of drug-likeness (QED) is 0.400. The molecule has 1 aromatic heterocycles. The molecule has 1 fully saturated rings. The molecule has 1 aromatic rings. The Morgan fingerprint density at radius 1 is 1.42 bits per heavy atom. The molecule has 24 heavy (non-hydrogen) atoms. The predicted molar refractivity (Wildman–Crippen MR) is 80.6 cm³/mol. The van der Waals surface area contributed by atoms with E-state index in [1.165, 1.54) is 12.5 Å². The van der Waals surface area contributed by atoms with E-state index < -0.39 is 36.4 Å². The van der Waals surface area contributed by atoms with Gasteiger partial charge in [0.15, 0.2) is 0 Å². The van der Waals surface area contributed by atoms with Crippen molar-refractivity contribution in [3.05, 3.63) is 18.2 Å². The number of aromatic nitrogens is 2. The maximum atomic E-state index is 12.3. The first-order valence-corrected chi connectivity index (χ1v) is 7.52. The number of aromatic amines is 1. The topological polar surface area (TPSA) is 153 Å². The largest absolute Gasteiger partial charge is 0.480 e. The molecule has 130 valence electrons. The van der Waals surface area contributed by atoms with Crippen molar-refractivity contribution in [1.82, 2.24) is 25.9 Å². The summed E-state index contributed by atoms with van der Waals surface area (Å²) in [7, 11) is 0. The normalized spacial score (nSPS) is 18.3. The van der Waals surface area contributed by atoms with E-state index in [0.717, 1.165) is 0 Å². The van der Waals surface area contributed by atoms with Gasteiger partial charge < -0.3 is 26.0 Å². The Hall–Kier alpha value is -2.91. The molecule has 10 heteroatoms. The van der Waals surface area contributed by atoms with Crippen LogP contribution in [0, 0.1) is 0 Å². The van der Waals surface area contributed by atoms with Gasteiger partial charge in [0.1, 0.15) is 18.6 Å². The van der Waals surface area contributed by atoms with Gasteiger partial charge in [-0.15, -0.1) is 0 Å². The van der Waals surface area contributed by atoms with E-state index >= 15 is 0 Å². The maximum absolute atomic E-state index is 12.3. The number of carboxylic acids is 1. The zero-order chi connectivity index (χ0) is 17.5. The van der Waals surface area contributed by atoms with Gasteiger partial charge in [0.25, 0.3) is 0 Å². The Bertz CT molecular complexity index is 615. The first kappa shape index (κ1) is 17.4. The number of nitrogens with one attached hydrogen (secondary N) is 4. The molecule has 0 radical (unpaired) electrons. The lowest BCUT2D eigenvalue weighted by Crippen LogP contribution is -2.55. The lowest BCUT2D eigenvalue weighted by molar-refractivity contribution is -0.138. The van der Waals surface area contributed by atoms with Crippen molar-refractivity contribution in [3.8, 4) is 0 Å². The number of hydrogen-bond acceptors (Lipinski definition) is 5. The third kappa shape index (κ3) is 5.07. The maximum Gasteiger partial charge on any atom is 0.322 e. The number of nitrogens with zero attached hydrogens (tertiary/aromatic N) is 1. The Morgan fingerprint density at radius 2 is 2.21 bits per heavy atom. The number of carbonyl (C=O) groups excluding carboxylic acids is 3. The summed E-state index contributed by atoms with van der Waals surface area (Å²) in [5.41, 5.74) is 0.610. The molecule has 5 N–H and O–H groups in total. The van der Waals surface area contributed by atoms with E-state index in [2.05, 4.69) is 25.9 Å². The summed E-state index contributed by atoms with van der Waals surface area (Å²) >= 11 is 0. The minimum atomic E-state index is -1.19. The molecular weight excluding hydrogens is 318 g/mol. The van der Waals surface area contributed by atoms with Gasteiger partial charge in [0, 0.05) is 24.7 Å². The van der Waals surface area contributed by atoms with Gasteiger partial charge in [-0.05, 0) is 12.8 Å². The zero-order valence-corrected chi connectivity index (χ0v) is 12.9. The zero-order valence-electron chi connectivity index (χ0n) is 12.9. The van der Waals surface area contributed by atoms with E-state index in [0.29, 0.717) is 25.0 Å². The molecule has 2 heterocycles. The number of aliphatic carboxylic acids is 1. The molecule has 0 spiro atoms. The van der Waals surface area contributed by atoms with Crippen LogP contribution < -0.4 is 16.0 Å². The second-order valence-electron chi connectivity index (χ2n) is 5.47. The van der Waals surface area contributed by atoms with Crippen LogP contribution in [0.15, 0.2) is 12.5 Å². The molecule has 0 aliphatic carbocycles. The van der Waals surface area contributed by atoms with Crippen LogP contribution >= 0.6 is 0 Å². The molecule has 0 bridgehead atoms. The highest BCUT2D eigenvalue weighted by atomic mass is 16.4. The summed E-state index contributed by atoms with van der Waals surface area (Å²) in [4.78, 5) is 53.0. The van der Waals surface area contributed by atoms with E-state index in [-0.39, 0.29) is 12.3 Å². The highest BCUT2D eigenvalue weighted by Gasteiger charge is 2.29. The Kier molecular flexibility index (Phi) is 5.88. The molecule has 2 atom stereocenters. The number of imidazole rings is 1. The van der Waals surface area contributed by atoms with Crippen LogP contribution in [0.2, 0.25) is 0 Å².